The fourth-order valence-corrected chi connectivity index (χ4v) is 2.68. The maximum Gasteiger partial charge on any atom is 0.410 e. The maximum atomic E-state index is 12.0. The van der Waals surface area contributed by atoms with E-state index in [1.165, 1.54) is 6.07 Å². The van der Waals surface area contributed by atoms with Crippen molar-refractivity contribution in [2.75, 3.05) is 39.3 Å². The lowest BCUT2D eigenvalue weighted by atomic mass is 10.2. The Bertz CT molecular complexity index is 621. The molecule has 26 heavy (non-hydrogen) atoms. The van der Waals surface area contributed by atoms with Gasteiger partial charge in [0.2, 0.25) is 0 Å². The quantitative estimate of drug-likeness (QED) is 0.438. The molecule has 0 aliphatic carbocycles. The molecule has 0 saturated carbocycles. The van der Waals surface area contributed by atoms with E-state index in [0.29, 0.717) is 25.4 Å². The van der Waals surface area contributed by atoms with Crippen LogP contribution in [0.15, 0.2) is 24.3 Å². The normalized spacial score (nSPS) is 15.6. The number of benzene rings is 1. The minimum Gasteiger partial charge on any atom is -0.487 e. The molecule has 144 valence electrons. The molecule has 0 unspecified atom stereocenters. The molecule has 1 amide bonds. The largest absolute Gasteiger partial charge is 0.487 e. The van der Waals surface area contributed by atoms with Gasteiger partial charge >= 0.3 is 11.8 Å². The highest BCUT2D eigenvalue weighted by molar-refractivity contribution is 5.68. The van der Waals surface area contributed by atoms with Crippen molar-refractivity contribution in [2.24, 2.45) is 0 Å². The van der Waals surface area contributed by atoms with Crippen LogP contribution in [0, 0.1) is 10.1 Å². The van der Waals surface area contributed by atoms with E-state index in [9.17, 15) is 14.9 Å². The second-order valence-corrected chi connectivity index (χ2v) is 7.24. The number of amides is 1. The lowest BCUT2D eigenvalue weighted by Crippen LogP contribution is -2.50. The lowest BCUT2D eigenvalue weighted by Gasteiger charge is -2.35. The average molecular weight is 365 g/mol. The van der Waals surface area contributed by atoms with Gasteiger partial charge in [-0.05, 0) is 33.3 Å². The van der Waals surface area contributed by atoms with E-state index in [4.69, 9.17) is 9.47 Å². The number of carbonyl (C=O) groups excluding carboxylic acids is 1. The van der Waals surface area contributed by atoms with E-state index in [2.05, 4.69) is 4.90 Å². The number of nitro groups is 1. The number of hydrogen-bond donors (Lipinski definition) is 0. The first kappa shape index (κ1) is 20.0. The summed E-state index contributed by atoms with van der Waals surface area (Å²) in [6.45, 7) is 9.66. The van der Waals surface area contributed by atoms with Gasteiger partial charge in [0, 0.05) is 38.8 Å². The molecule has 1 aromatic carbocycles. The molecule has 0 spiro atoms. The van der Waals surface area contributed by atoms with Crippen LogP contribution in [0.3, 0.4) is 0 Å². The Hall–Kier alpha value is -2.35. The SMILES string of the molecule is CC(C)(C)OC(=O)N1CCN(CCCOc2ccccc2[N+](=O)[O-])CC1. The Morgan fingerprint density at radius 3 is 2.46 bits per heavy atom. The van der Waals surface area contributed by atoms with Crippen LogP contribution in [0.1, 0.15) is 27.2 Å². The third-order valence-corrected chi connectivity index (χ3v) is 3.96. The van der Waals surface area contributed by atoms with Crippen molar-refractivity contribution in [1.29, 1.82) is 0 Å². The number of hydrogen-bond acceptors (Lipinski definition) is 6. The van der Waals surface area contributed by atoms with Crippen LogP contribution in [0.5, 0.6) is 5.75 Å². The summed E-state index contributed by atoms with van der Waals surface area (Å²) < 4.78 is 10.9. The predicted octanol–water partition coefficient (Wildman–Crippen LogP) is 2.92. The summed E-state index contributed by atoms with van der Waals surface area (Å²) in [5, 5.41) is 10.9. The third-order valence-electron chi connectivity index (χ3n) is 3.96. The zero-order valence-electron chi connectivity index (χ0n) is 15.6. The highest BCUT2D eigenvalue weighted by Gasteiger charge is 2.25. The first-order valence-corrected chi connectivity index (χ1v) is 8.83. The molecule has 1 aliphatic heterocycles. The standard InChI is InChI=1S/C18H27N3O5/c1-18(2,3)26-17(22)20-12-10-19(11-13-20)9-6-14-25-16-8-5-4-7-15(16)21(23)24/h4-5,7-8H,6,9-14H2,1-3H3. The van der Waals surface area contributed by atoms with Gasteiger partial charge in [0.25, 0.3) is 0 Å². The second kappa shape index (κ2) is 8.84. The first-order valence-electron chi connectivity index (χ1n) is 8.83. The van der Waals surface area contributed by atoms with E-state index < -0.39 is 10.5 Å². The van der Waals surface area contributed by atoms with Crippen LogP contribution in [-0.2, 0) is 4.74 Å². The van der Waals surface area contributed by atoms with Crippen molar-refractivity contribution in [2.45, 2.75) is 32.8 Å². The van der Waals surface area contributed by atoms with Gasteiger partial charge in [-0.3, -0.25) is 15.0 Å². The monoisotopic (exact) mass is 365 g/mol. The van der Waals surface area contributed by atoms with Crippen molar-refractivity contribution in [3.8, 4) is 5.75 Å². The van der Waals surface area contributed by atoms with Gasteiger partial charge in [-0.1, -0.05) is 12.1 Å². The second-order valence-electron chi connectivity index (χ2n) is 7.24. The summed E-state index contributed by atoms with van der Waals surface area (Å²) in [4.78, 5) is 26.5. The number of piperazine rings is 1. The van der Waals surface area contributed by atoms with Gasteiger partial charge in [0.1, 0.15) is 5.60 Å². The number of para-hydroxylation sites is 2. The first-order chi connectivity index (χ1) is 12.3. The highest BCUT2D eigenvalue weighted by Crippen LogP contribution is 2.25. The average Bonchev–Trinajstić information content (AvgIpc) is 2.58. The topological polar surface area (TPSA) is 85.2 Å². The van der Waals surface area contributed by atoms with Gasteiger partial charge in [0.15, 0.2) is 5.75 Å². The summed E-state index contributed by atoms with van der Waals surface area (Å²) in [5.41, 5.74) is -0.496. The number of nitrogens with zero attached hydrogens (tertiary/aromatic N) is 3. The van der Waals surface area contributed by atoms with Crippen molar-refractivity contribution < 1.29 is 19.2 Å². The molecule has 0 bridgehead atoms. The highest BCUT2D eigenvalue weighted by atomic mass is 16.6. The zero-order chi connectivity index (χ0) is 19.2. The molecule has 0 N–H and O–H groups in total. The van der Waals surface area contributed by atoms with Crippen LogP contribution in [0.25, 0.3) is 0 Å². The Morgan fingerprint density at radius 1 is 1.19 bits per heavy atom. The van der Waals surface area contributed by atoms with Crippen LogP contribution < -0.4 is 4.74 Å². The van der Waals surface area contributed by atoms with E-state index in [0.717, 1.165) is 26.1 Å². The Labute approximate surface area is 153 Å². The smallest absolute Gasteiger partial charge is 0.410 e. The molecule has 0 atom stereocenters. The van der Waals surface area contributed by atoms with E-state index in [1.54, 1.807) is 23.1 Å². The molecule has 0 radical (unpaired) electrons. The van der Waals surface area contributed by atoms with Crippen molar-refractivity contribution >= 4 is 11.8 Å². The lowest BCUT2D eigenvalue weighted by molar-refractivity contribution is -0.385. The number of rotatable bonds is 6. The fourth-order valence-electron chi connectivity index (χ4n) is 2.68. The summed E-state index contributed by atoms with van der Waals surface area (Å²) in [6.07, 6.45) is 0.496. The molecule has 8 nitrogen and oxygen atoms in total. The van der Waals surface area contributed by atoms with Gasteiger partial charge in [-0.25, -0.2) is 4.79 Å². The summed E-state index contributed by atoms with van der Waals surface area (Å²) in [5.74, 6) is 0.298. The summed E-state index contributed by atoms with van der Waals surface area (Å²) in [7, 11) is 0. The van der Waals surface area contributed by atoms with Crippen molar-refractivity contribution in [3.05, 3.63) is 34.4 Å². The van der Waals surface area contributed by atoms with E-state index >= 15 is 0 Å². The van der Waals surface area contributed by atoms with Gasteiger partial charge in [-0.15, -0.1) is 0 Å². The van der Waals surface area contributed by atoms with Gasteiger partial charge < -0.3 is 14.4 Å². The Kier molecular flexibility index (Phi) is 6.79. The minimum atomic E-state index is -0.481. The van der Waals surface area contributed by atoms with Crippen LogP contribution in [0.4, 0.5) is 10.5 Å². The molecule has 1 heterocycles. The number of nitro benzene ring substituents is 1. The van der Waals surface area contributed by atoms with Crippen LogP contribution in [0.2, 0.25) is 0 Å². The maximum absolute atomic E-state index is 12.0. The molecule has 8 heteroatoms. The molecular weight excluding hydrogens is 338 g/mol. The van der Waals surface area contributed by atoms with E-state index in [1.807, 2.05) is 20.8 Å². The summed E-state index contributed by atoms with van der Waals surface area (Å²) in [6, 6.07) is 6.39. The van der Waals surface area contributed by atoms with Crippen molar-refractivity contribution in [1.82, 2.24) is 9.80 Å². The predicted molar refractivity (Wildman–Crippen MR) is 97.5 cm³/mol. The van der Waals surface area contributed by atoms with Gasteiger partial charge in [-0.2, -0.15) is 0 Å². The molecule has 1 saturated heterocycles. The van der Waals surface area contributed by atoms with Crippen molar-refractivity contribution in [3.63, 3.8) is 0 Å². The third kappa shape index (κ3) is 6.18. The van der Waals surface area contributed by atoms with Gasteiger partial charge in [0.05, 0.1) is 11.5 Å². The molecule has 1 aromatic rings. The molecule has 0 aromatic heterocycles. The molecule has 2 rings (SSSR count). The van der Waals surface area contributed by atoms with E-state index in [-0.39, 0.29) is 11.8 Å². The Balaban J connectivity index is 1.68. The fraction of sp³-hybridized carbons (Fsp3) is 0.611. The van der Waals surface area contributed by atoms with Crippen LogP contribution in [-0.4, -0.2) is 65.7 Å². The molecular formula is C18H27N3O5. The number of carbonyl (C=O) groups is 1. The molecule has 1 fully saturated rings. The number of ether oxygens (including phenoxy) is 2. The van der Waals surface area contributed by atoms with Crippen LogP contribution >= 0.6 is 0 Å². The minimum absolute atomic E-state index is 0.0153. The summed E-state index contributed by atoms with van der Waals surface area (Å²) >= 11 is 0. The Morgan fingerprint density at radius 2 is 1.85 bits per heavy atom. The zero-order valence-corrected chi connectivity index (χ0v) is 15.6. The molecule has 1 aliphatic rings.